The summed E-state index contributed by atoms with van der Waals surface area (Å²) in [5.74, 6) is 0.561. The monoisotopic (exact) mass is 365 g/mol. The molecular formula is C17H25BBrNO2. The minimum Gasteiger partial charge on any atom is -0.399 e. The van der Waals surface area contributed by atoms with E-state index in [2.05, 4.69) is 48.6 Å². The Bertz CT molecular complexity index is 540. The van der Waals surface area contributed by atoms with Gasteiger partial charge in [-0.25, -0.2) is 0 Å². The molecule has 0 amide bonds. The van der Waals surface area contributed by atoms with Crippen molar-refractivity contribution in [3.8, 4) is 0 Å². The fourth-order valence-electron chi connectivity index (χ4n) is 3.29. The number of hydrogen-bond donors (Lipinski definition) is 0. The average Bonchev–Trinajstić information content (AvgIpc) is 2.68. The number of halogens is 1. The predicted octanol–water partition coefficient (Wildman–Crippen LogP) is 4.19. The Morgan fingerprint density at radius 2 is 1.68 bits per heavy atom. The molecule has 1 aliphatic heterocycles. The van der Waals surface area contributed by atoms with Gasteiger partial charge in [-0.1, -0.05) is 19.3 Å². The highest BCUT2D eigenvalue weighted by Gasteiger charge is 2.52. The molecule has 1 saturated heterocycles. The second kappa shape index (κ2) is 5.92. The lowest BCUT2D eigenvalue weighted by Gasteiger charge is -2.32. The van der Waals surface area contributed by atoms with Crippen LogP contribution in [0.1, 0.15) is 71.4 Å². The summed E-state index contributed by atoms with van der Waals surface area (Å²) in [7, 11) is -0.329. The van der Waals surface area contributed by atoms with E-state index in [0.717, 1.165) is 9.94 Å². The van der Waals surface area contributed by atoms with Crippen molar-refractivity contribution in [2.45, 2.75) is 76.9 Å². The molecule has 1 aliphatic carbocycles. The summed E-state index contributed by atoms with van der Waals surface area (Å²) in [6.07, 6.45) is 8.33. The van der Waals surface area contributed by atoms with Gasteiger partial charge >= 0.3 is 7.12 Å². The molecule has 5 heteroatoms. The maximum absolute atomic E-state index is 6.19. The summed E-state index contributed by atoms with van der Waals surface area (Å²) in [5.41, 5.74) is 1.61. The van der Waals surface area contributed by atoms with Crippen LogP contribution in [-0.4, -0.2) is 23.3 Å². The first kappa shape index (κ1) is 16.5. The van der Waals surface area contributed by atoms with Crippen LogP contribution in [0, 0.1) is 0 Å². The van der Waals surface area contributed by atoms with Crippen LogP contribution >= 0.6 is 15.9 Å². The molecule has 0 radical (unpaired) electrons. The van der Waals surface area contributed by atoms with Gasteiger partial charge in [-0.3, -0.25) is 4.98 Å². The van der Waals surface area contributed by atoms with Crippen molar-refractivity contribution in [1.82, 2.24) is 4.98 Å². The molecular weight excluding hydrogens is 341 g/mol. The Morgan fingerprint density at radius 3 is 2.27 bits per heavy atom. The molecule has 22 heavy (non-hydrogen) atoms. The molecule has 0 unspecified atom stereocenters. The molecule has 2 fully saturated rings. The lowest BCUT2D eigenvalue weighted by molar-refractivity contribution is 0.00578. The van der Waals surface area contributed by atoms with Crippen LogP contribution in [0.25, 0.3) is 0 Å². The standard InChI is InChI=1S/C17H25BBrNO2/c1-16(2)17(3,4)22-18(21-16)13-10-11-20-15(14(13)19)12-8-6-5-7-9-12/h10-12H,5-9H2,1-4H3. The van der Waals surface area contributed by atoms with Gasteiger partial charge in [0.05, 0.1) is 16.9 Å². The van der Waals surface area contributed by atoms with Gasteiger partial charge in [0.2, 0.25) is 0 Å². The van der Waals surface area contributed by atoms with Crippen LogP contribution in [0.5, 0.6) is 0 Å². The maximum Gasteiger partial charge on any atom is 0.496 e. The average molecular weight is 366 g/mol. The van der Waals surface area contributed by atoms with Crippen molar-refractivity contribution in [1.29, 1.82) is 0 Å². The van der Waals surface area contributed by atoms with Gasteiger partial charge in [0.15, 0.2) is 0 Å². The number of pyridine rings is 1. The number of aromatic nitrogens is 1. The lowest BCUT2D eigenvalue weighted by Crippen LogP contribution is -2.41. The molecule has 0 atom stereocenters. The van der Waals surface area contributed by atoms with Gasteiger partial charge in [-0.05, 0) is 68.0 Å². The summed E-state index contributed by atoms with van der Waals surface area (Å²) in [6, 6.07) is 2.01. The van der Waals surface area contributed by atoms with Crippen molar-refractivity contribution >= 4 is 28.5 Å². The molecule has 1 saturated carbocycles. The zero-order valence-electron chi connectivity index (χ0n) is 14.0. The molecule has 0 N–H and O–H groups in total. The molecule has 0 aromatic carbocycles. The number of nitrogens with zero attached hydrogens (tertiary/aromatic N) is 1. The predicted molar refractivity (Wildman–Crippen MR) is 93.5 cm³/mol. The van der Waals surface area contributed by atoms with E-state index in [1.807, 2.05) is 12.3 Å². The van der Waals surface area contributed by atoms with Crippen LogP contribution in [0.2, 0.25) is 0 Å². The summed E-state index contributed by atoms with van der Waals surface area (Å²) in [6.45, 7) is 8.35. The molecule has 1 aromatic heterocycles. The van der Waals surface area contributed by atoms with Crippen molar-refractivity contribution in [3.05, 3.63) is 22.4 Å². The van der Waals surface area contributed by atoms with E-state index in [0.29, 0.717) is 5.92 Å². The fraction of sp³-hybridized carbons (Fsp3) is 0.706. The Kier molecular flexibility index (Phi) is 4.43. The first-order valence-electron chi connectivity index (χ1n) is 8.32. The van der Waals surface area contributed by atoms with E-state index in [1.165, 1.54) is 37.8 Å². The Labute approximate surface area is 142 Å². The van der Waals surface area contributed by atoms with Gasteiger partial charge in [0.25, 0.3) is 0 Å². The highest BCUT2D eigenvalue weighted by atomic mass is 79.9. The van der Waals surface area contributed by atoms with Crippen LogP contribution in [0.3, 0.4) is 0 Å². The SMILES string of the molecule is CC1(C)OB(c2ccnc(C3CCCCC3)c2Br)OC1(C)C. The van der Waals surface area contributed by atoms with Crippen LogP contribution < -0.4 is 5.46 Å². The molecule has 120 valence electrons. The quantitative estimate of drug-likeness (QED) is 0.736. The van der Waals surface area contributed by atoms with E-state index >= 15 is 0 Å². The Hall–Kier alpha value is -0.385. The first-order chi connectivity index (χ1) is 10.3. The second-order valence-corrected chi connectivity index (χ2v) is 8.32. The van der Waals surface area contributed by atoms with E-state index in [1.54, 1.807) is 0 Å². The minimum atomic E-state index is -0.329. The van der Waals surface area contributed by atoms with Crippen molar-refractivity contribution in [2.75, 3.05) is 0 Å². The molecule has 2 aliphatic rings. The number of rotatable bonds is 2. The fourth-order valence-corrected chi connectivity index (χ4v) is 4.03. The molecule has 0 spiro atoms. The van der Waals surface area contributed by atoms with Crippen LogP contribution in [-0.2, 0) is 9.31 Å². The van der Waals surface area contributed by atoms with Crippen molar-refractivity contribution in [2.24, 2.45) is 0 Å². The lowest BCUT2D eigenvalue weighted by atomic mass is 9.77. The molecule has 1 aromatic rings. The third kappa shape index (κ3) is 2.88. The van der Waals surface area contributed by atoms with Crippen LogP contribution in [0.4, 0.5) is 0 Å². The van der Waals surface area contributed by atoms with Crippen molar-refractivity contribution in [3.63, 3.8) is 0 Å². The molecule has 0 bridgehead atoms. The second-order valence-electron chi connectivity index (χ2n) is 7.52. The maximum atomic E-state index is 6.19. The largest absolute Gasteiger partial charge is 0.496 e. The molecule has 3 nitrogen and oxygen atoms in total. The smallest absolute Gasteiger partial charge is 0.399 e. The van der Waals surface area contributed by atoms with Gasteiger partial charge in [0, 0.05) is 16.6 Å². The van der Waals surface area contributed by atoms with Gasteiger partial charge in [-0.2, -0.15) is 0 Å². The van der Waals surface area contributed by atoms with E-state index in [9.17, 15) is 0 Å². The Balaban J connectivity index is 1.89. The molecule has 3 rings (SSSR count). The number of hydrogen-bond acceptors (Lipinski definition) is 3. The van der Waals surface area contributed by atoms with Gasteiger partial charge in [0.1, 0.15) is 0 Å². The summed E-state index contributed by atoms with van der Waals surface area (Å²) in [4.78, 5) is 4.65. The zero-order chi connectivity index (χ0) is 16.0. The molecule has 2 heterocycles. The van der Waals surface area contributed by atoms with Gasteiger partial charge < -0.3 is 9.31 Å². The highest BCUT2D eigenvalue weighted by Crippen LogP contribution is 2.38. The van der Waals surface area contributed by atoms with Crippen LogP contribution in [0.15, 0.2) is 16.7 Å². The van der Waals surface area contributed by atoms with E-state index in [4.69, 9.17) is 9.31 Å². The zero-order valence-corrected chi connectivity index (χ0v) is 15.6. The van der Waals surface area contributed by atoms with E-state index in [-0.39, 0.29) is 18.3 Å². The van der Waals surface area contributed by atoms with E-state index < -0.39 is 0 Å². The third-order valence-corrected chi connectivity index (χ3v) is 6.31. The highest BCUT2D eigenvalue weighted by molar-refractivity contribution is 9.10. The van der Waals surface area contributed by atoms with Crippen molar-refractivity contribution < 1.29 is 9.31 Å². The first-order valence-corrected chi connectivity index (χ1v) is 9.11. The normalized spacial score (nSPS) is 24.7. The third-order valence-electron chi connectivity index (χ3n) is 5.45. The van der Waals surface area contributed by atoms with Gasteiger partial charge in [-0.15, -0.1) is 0 Å². The topological polar surface area (TPSA) is 31.4 Å². The summed E-state index contributed by atoms with van der Waals surface area (Å²) < 4.78 is 13.5. The Morgan fingerprint density at radius 1 is 1.09 bits per heavy atom. The minimum absolute atomic E-state index is 0.314. The summed E-state index contributed by atoms with van der Waals surface area (Å²) >= 11 is 3.78. The summed E-state index contributed by atoms with van der Waals surface area (Å²) in [5, 5.41) is 0.